The first-order valence-electron chi connectivity index (χ1n) is 11.0. The van der Waals surface area contributed by atoms with Crippen molar-refractivity contribution in [2.24, 2.45) is 0 Å². The van der Waals surface area contributed by atoms with Crippen LogP contribution < -0.4 is 4.90 Å². The van der Waals surface area contributed by atoms with Gasteiger partial charge in [-0.15, -0.1) is 11.3 Å². The van der Waals surface area contributed by atoms with Crippen molar-refractivity contribution < 1.29 is 26.3 Å². The van der Waals surface area contributed by atoms with Crippen molar-refractivity contribution in [3.05, 3.63) is 77.4 Å². The number of halogens is 1. The third-order valence-electron chi connectivity index (χ3n) is 6.02. The molecule has 1 saturated heterocycles. The average Bonchev–Trinajstić information content (AvgIpc) is 3.35. The summed E-state index contributed by atoms with van der Waals surface area (Å²) in [5.41, 5.74) is 0.401. The Morgan fingerprint density at radius 3 is 2.23 bits per heavy atom. The second-order valence-corrected chi connectivity index (χ2v) is 14.1. The topological polar surface area (TPSA) is 95.0 Å². The fourth-order valence-corrected chi connectivity index (χ4v) is 8.27. The molecule has 0 amide bonds. The second kappa shape index (κ2) is 9.62. The molecule has 1 fully saturated rings. The van der Waals surface area contributed by atoms with E-state index in [0.717, 1.165) is 29.2 Å². The van der Waals surface area contributed by atoms with E-state index in [1.165, 1.54) is 22.5 Å². The molecule has 7 nitrogen and oxygen atoms in total. The van der Waals surface area contributed by atoms with Crippen LogP contribution in [0.4, 0.5) is 10.1 Å². The summed E-state index contributed by atoms with van der Waals surface area (Å²) < 4.78 is 67.6. The molecule has 1 aliphatic heterocycles. The molecule has 11 heteroatoms. The maximum absolute atomic E-state index is 13.4. The van der Waals surface area contributed by atoms with Gasteiger partial charge in [0.05, 0.1) is 22.3 Å². The minimum atomic E-state index is -3.84. The number of sulfonamides is 1. The smallest absolute Gasteiger partial charge is 0.252 e. The molecule has 2 aromatic carbocycles. The van der Waals surface area contributed by atoms with Crippen LogP contribution in [0.2, 0.25) is 0 Å². The normalized spacial score (nSPS) is 18.1. The molecular formula is C24H27FN2O5S3. The number of thiophene rings is 1. The summed E-state index contributed by atoms with van der Waals surface area (Å²) in [7, 11) is -7.60. The predicted octanol–water partition coefficient (Wildman–Crippen LogP) is 3.47. The zero-order valence-corrected chi connectivity index (χ0v) is 21.8. The van der Waals surface area contributed by atoms with Crippen LogP contribution in [0.5, 0.6) is 0 Å². The number of nitrogens with zero attached hydrogens (tertiary/aromatic N) is 2. The minimum absolute atomic E-state index is 0.0190. The summed E-state index contributed by atoms with van der Waals surface area (Å²) in [6.07, 6.45) is 0. The summed E-state index contributed by atoms with van der Waals surface area (Å²) in [4.78, 5) is 1.87. The zero-order chi connectivity index (χ0) is 25.4. The SMILES string of the molecule is CC(C)(O)c1ccc(N2CCN(S(=O)(=O)c3cccs3)C[C@@H]2CS(=O)(=O)c2ccc(F)cc2)cc1. The van der Waals surface area contributed by atoms with Crippen LogP contribution in [-0.4, -0.2) is 57.7 Å². The van der Waals surface area contributed by atoms with Crippen molar-refractivity contribution in [3.8, 4) is 0 Å². The van der Waals surface area contributed by atoms with Gasteiger partial charge in [0.2, 0.25) is 0 Å². The third-order valence-corrected chi connectivity index (χ3v) is 11.1. The molecule has 0 spiro atoms. The maximum atomic E-state index is 13.4. The summed E-state index contributed by atoms with van der Waals surface area (Å²) in [6, 6.07) is 14.3. The molecule has 0 bridgehead atoms. The van der Waals surface area contributed by atoms with Crippen molar-refractivity contribution in [3.63, 3.8) is 0 Å². The quantitative estimate of drug-likeness (QED) is 0.463. The standard InChI is InChI=1S/C24H27FN2O5S3/c1-24(2,28)18-5-9-20(10-6-18)27-14-13-26(35(31,32)23-4-3-15-33-23)16-21(27)17-34(29,30)22-11-7-19(25)8-12-22/h3-12,15,21,28H,13-14,16-17H2,1-2H3/t21-/m1/s1. The molecule has 0 radical (unpaired) electrons. The number of benzene rings is 2. The monoisotopic (exact) mass is 538 g/mol. The Balaban J connectivity index is 1.67. The van der Waals surface area contributed by atoms with Gasteiger partial charge in [-0.2, -0.15) is 4.31 Å². The lowest BCUT2D eigenvalue weighted by molar-refractivity contribution is 0.0786. The first-order chi connectivity index (χ1) is 16.4. The Hall–Kier alpha value is -2.31. The first-order valence-corrected chi connectivity index (χ1v) is 15.0. The van der Waals surface area contributed by atoms with Crippen molar-refractivity contribution in [2.45, 2.75) is 34.6 Å². The Morgan fingerprint density at radius 1 is 1.00 bits per heavy atom. The highest BCUT2D eigenvalue weighted by molar-refractivity contribution is 7.91. The van der Waals surface area contributed by atoms with Gasteiger partial charge in [-0.3, -0.25) is 0 Å². The summed E-state index contributed by atoms with van der Waals surface area (Å²) in [6.45, 7) is 3.81. The van der Waals surface area contributed by atoms with E-state index in [9.17, 15) is 26.3 Å². The van der Waals surface area contributed by atoms with Gasteiger partial charge in [-0.05, 0) is 67.3 Å². The predicted molar refractivity (Wildman–Crippen MR) is 134 cm³/mol. The van der Waals surface area contributed by atoms with Crippen LogP contribution in [0.25, 0.3) is 0 Å². The lowest BCUT2D eigenvalue weighted by atomic mass is 9.98. The van der Waals surface area contributed by atoms with Gasteiger partial charge in [0.25, 0.3) is 10.0 Å². The van der Waals surface area contributed by atoms with E-state index in [1.807, 2.05) is 4.90 Å². The molecule has 1 N–H and O–H groups in total. The van der Waals surface area contributed by atoms with Crippen LogP contribution in [-0.2, 0) is 25.5 Å². The highest BCUT2D eigenvalue weighted by atomic mass is 32.2. The van der Waals surface area contributed by atoms with E-state index in [1.54, 1.807) is 49.6 Å². The Kier molecular flexibility index (Phi) is 7.09. The number of hydrogen-bond donors (Lipinski definition) is 1. The molecular weight excluding hydrogens is 511 g/mol. The van der Waals surface area contributed by atoms with E-state index in [4.69, 9.17) is 0 Å². The molecule has 0 aliphatic carbocycles. The van der Waals surface area contributed by atoms with Gasteiger partial charge < -0.3 is 10.0 Å². The molecule has 3 aromatic rings. The van der Waals surface area contributed by atoms with Crippen LogP contribution in [0, 0.1) is 5.82 Å². The Labute approximate surface area is 209 Å². The molecule has 1 aliphatic rings. The second-order valence-electron chi connectivity index (χ2n) is 8.98. The van der Waals surface area contributed by atoms with E-state index in [0.29, 0.717) is 5.56 Å². The molecule has 4 rings (SSSR count). The van der Waals surface area contributed by atoms with E-state index in [-0.39, 0.29) is 34.5 Å². The first kappa shape index (κ1) is 25.8. The molecule has 0 saturated carbocycles. The van der Waals surface area contributed by atoms with Crippen LogP contribution >= 0.6 is 11.3 Å². The summed E-state index contributed by atoms with van der Waals surface area (Å²) in [5, 5.41) is 11.9. The molecule has 0 unspecified atom stereocenters. The summed E-state index contributed by atoms with van der Waals surface area (Å²) in [5.74, 6) is -0.883. The Bertz CT molecular complexity index is 1370. The van der Waals surface area contributed by atoms with E-state index < -0.39 is 37.3 Å². The number of aliphatic hydroxyl groups is 1. The number of hydrogen-bond acceptors (Lipinski definition) is 7. The van der Waals surface area contributed by atoms with Gasteiger partial charge in [0, 0.05) is 25.3 Å². The largest absolute Gasteiger partial charge is 0.386 e. The van der Waals surface area contributed by atoms with E-state index in [2.05, 4.69) is 0 Å². The lowest BCUT2D eigenvalue weighted by Crippen LogP contribution is -2.57. The number of rotatable bonds is 7. The molecule has 1 atom stereocenters. The van der Waals surface area contributed by atoms with Crippen molar-refractivity contribution in [1.29, 1.82) is 0 Å². The third kappa shape index (κ3) is 5.59. The van der Waals surface area contributed by atoms with Crippen LogP contribution in [0.3, 0.4) is 0 Å². The summed E-state index contributed by atoms with van der Waals surface area (Å²) >= 11 is 1.12. The Morgan fingerprint density at radius 2 is 1.66 bits per heavy atom. The number of sulfone groups is 1. The van der Waals surface area contributed by atoms with Gasteiger partial charge >= 0.3 is 0 Å². The fourth-order valence-electron chi connectivity index (χ4n) is 4.12. The van der Waals surface area contributed by atoms with Crippen molar-refractivity contribution in [1.82, 2.24) is 4.31 Å². The number of piperazine rings is 1. The maximum Gasteiger partial charge on any atom is 0.252 e. The van der Waals surface area contributed by atoms with Gasteiger partial charge in [0.15, 0.2) is 9.84 Å². The van der Waals surface area contributed by atoms with Gasteiger partial charge in [0.1, 0.15) is 10.0 Å². The molecule has 1 aromatic heterocycles. The van der Waals surface area contributed by atoms with Crippen molar-refractivity contribution >= 4 is 36.9 Å². The van der Waals surface area contributed by atoms with Gasteiger partial charge in [-0.1, -0.05) is 18.2 Å². The lowest BCUT2D eigenvalue weighted by Gasteiger charge is -2.42. The highest BCUT2D eigenvalue weighted by Crippen LogP contribution is 2.30. The van der Waals surface area contributed by atoms with Crippen LogP contribution in [0.1, 0.15) is 19.4 Å². The van der Waals surface area contributed by atoms with Crippen molar-refractivity contribution in [2.75, 3.05) is 30.3 Å². The zero-order valence-electron chi connectivity index (χ0n) is 19.3. The fraction of sp³-hybridized carbons (Fsp3) is 0.333. The molecule has 35 heavy (non-hydrogen) atoms. The number of anilines is 1. The minimum Gasteiger partial charge on any atom is -0.386 e. The molecule has 2 heterocycles. The molecule has 188 valence electrons. The average molecular weight is 539 g/mol. The van der Waals surface area contributed by atoms with Gasteiger partial charge in [-0.25, -0.2) is 21.2 Å². The van der Waals surface area contributed by atoms with Crippen LogP contribution in [0.15, 0.2) is 75.1 Å². The van der Waals surface area contributed by atoms with E-state index >= 15 is 0 Å². The highest BCUT2D eigenvalue weighted by Gasteiger charge is 2.37.